The number of hydrogen-bond acceptors (Lipinski definition) is 3. The highest BCUT2D eigenvalue weighted by Crippen LogP contribution is 2.26. The molecule has 0 spiro atoms. The van der Waals surface area contributed by atoms with E-state index in [1.54, 1.807) is 0 Å². The van der Waals surface area contributed by atoms with Gasteiger partial charge >= 0.3 is 0 Å². The quantitative estimate of drug-likeness (QED) is 0.882. The summed E-state index contributed by atoms with van der Waals surface area (Å²) in [7, 11) is 0. The van der Waals surface area contributed by atoms with Crippen LogP contribution in [0.2, 0.25) is 0 Å². The molecule has 1 aromatic rings. The number of fused-ring (bicyclic) bond motifs is 1. The highest BCUT2D eigenvalue weighted by Gasteiger charge is 2.25. The number of carbonyl (C=O) groups excluding carboxylic acids is 2. The maximum absolute atomic E-state index is 12.5. The minimum Gasteiger partial charge on any atom is -0.384 e. The summed E-state index contributed by atoms with van der Waals surface area (Å²) >= 11 is 0. The van der Waals surface area contributed by atoms with E-state index in [1.807, 2.05) is 23.1 Å². The highest BCUT2D eigenvalue weighted by atomic mass is 16.2. The normalized spacial score (nSPS) is 18.2. The van der Waals surface area contributed by atoms with E-state index in [-0.39, 0.29) is 11.8 Å². The van der Waals surface area contributed by atoms with Gasteiger partial charge in [-0.05, 0) is 42.9 Å². The second-order valence-corrected chi connectivity index (χ2v) is 5.95. The van der Waals surface area contributed by atoms with Crippen LogP contribution in [0, 0.1) is 5.92 Å². The van der Waals surface area contributed by atoms with Gasteiger partial charge in [-0.15, -0.1) is 0 Å². The molecule has 0 aliphatic carbocycles. The van der Waals surface area contributed by atoms with Gasteiger partial charge in [-0.3, -0.25) is 9.59 Å². The molecule has 21 heavy (non-hydrogen) atoms. The van der Waals surface area contributed by atoms with Crippen LogP contribution in [0.25, 0.3) is 0 Å². The van der Waals surface area contributed by atoms with Gasteiger partial charge in [-0.25, -0.2) is 0 Å². The molecule has 2 aliphatic rings. The Labute approximate surface area is 124 Å². The lowest BCUT2D eigenvalue weighted by atomic mass is 9.93. The number of amides is 2. The Morgan fingerprint density at radius 1 is 1.29 bits per heavy atom. The van der Waals surface area contributed by atoms with Crippen LogP contribution >= 0.6 is 0 Å². The fraction of sp³-hybridized carbons (Fsp3) is 0.500. The number of primary amides is 1. The number of nitrogens with two attached hydrogens (primary N) is 1. The molecule has 2 heterocycles. The predicted octanol–water partition coefficient (Wildman–Crippen LogP) is 1.38. The Morgan fingerprint density at radius 3 is 2.76 bits per heavy atom. The number of nitrogens with zero attached hydrogens (tertiary/aromatic N) is 1. The van der Waals surface area contributed by atoms with E-state index < -0.39 is 0 Å². The largest absolute Gasteiger partial charge is 0.384 e. The van der Waals surface area contributed by atoms with Crippen LogP contribution in [0.15, 0.2) is 18.2 Å². The van der Waals surface area contributed by atoms with Crippen LogP contribution in [-0.4, -0.2) is 36.3 Å². The summed E-state index contributed by atoms with van der Waals surface area (Å²) in [5, 5.41) is 3.30. The third kappa shape index (κ3) is 3.01. The van der Waals surface area contributed by atoms with Crippen LogP contribution in [-0.2, 0) is 11.2 Å². The maximum Gasteiger partial charge on any atom is 0.253 e. The second-order valence-electron chi connectivity index (χ2n) is 5.95. The molecule has 0 aromatic heterocycles. The minimum absolute atomic E-state index is 0.0871. The van der Waals surface area contributed by atoms with Crippen molar-refractivity contribution >= 4 is 17.5 Å². The molecule has 5 heteroatoms. The number of anilines is 1. The van der Waals surface area contributed by atoms with Crippen molar-refractivity contribution in [1.82, 2.24) is 4.90 Å². The third-order valence-corrected chi connectivity index (χ3v) is 4.46. The number of rotatable bonds is 3. The zero-order chi connectivity index (χ0) is 14.8. The molecule has 0 saturated carbocycles. The Bertz CT molecular complexity index is 563. The first-order valence-corrected chi connectivity index (χ1v) is 7.58. The third-order valence-electron chi connectivity index (χ3n) is 4.46. The van der Waals surface area contributed by atoms with Gasteiger partial charge in [-0.2, -0.15) is 0 Å². The lowest BCUT2D eigenvalue weighted by molar-refractivity contribution is -0.119. The number of hydrogen-bond donors (Lipinski definition) is 2. The van der Waals surface area contributed by atoms with Crippen LogP contribution in [0.4, 0.5) is 5.69 Å². The fourth-order valence-corrected chi connectivity index (χ4v) is 3.23. The number of carbonyl (C=O) groups is 2. The molecule has 0 bridgehead atoms. The molecule has 0 radical (unpaired) electrons. The lowest BCUT2D eigenvalue weighted by Gasteiger charge is -2.31. The Kier molecular flexibility index (Phi) is 3.82. The Morgan fingerprint density at radius 2 is 2.05 bits per heavy atom. The molecule has 3 rings (SSSR count). The van der Waals surface area contributed by atoms with E-state index >= 15 is 0 Å². The van der Waals surface area contributed by atoms with Crippen molar-refractivity contribution in [1.29, 1.82) is 0 Å². The molecular weight excluding hydrogens is 266 g/mol. The summed E-state index contributed by atoms with van der Waals surface area (Å²) < 4.78 is 0. The molecule has 3 N–H and O–H groups in total. The van der Waals surface area contributed by atoms with Crippen LogP contribution in [0.3, 0.4) is 0 Å². The van der Waals surface area contributed by atoms with Crippen molar-refractivity contribution in [3.05, 3.63) is 29.3 Å². The number of likely N-dealkylation sites (tertiary alicyclic amines) is 1. The maximum atomic E-state index is 12.5. The van der Waals surface area contributed by atoms with E-state index in [2.05, 4.69) is 5.32 Å². The fourth-order valence-electron chi connectivity index (χ4n) is 3.23. The number of nitrogens with one attached hydrogen (secondary N) is 1. The highest BCUT2D eigenvalue weighted by molar-refractivity contribution is 5.95. The molecule has 2 aliphatic heterocycles. The molecule has 112 valence electrons. The van der Waals surface area contributed by atoms with Crippen LogP contribution in [0.5, 0.6) is 0 Å². The van der Waals surface area contributed by atoms with Gasteiger partial charge in [0.05, 0.1) is 0 Å². The predicted molar refractivity (Wildman–Crippen MR) is 81.1 cm³/mol. The van der Waals surface area contributed by atoms with E-state index in [9.17, 15) is 9.59 Å². The van der Waals surface area contributed by atoms with Gasteiger partial charge in [0, 0.05) is 37.3 Å². The summed E-state index contributed by atoms with van der Waals surface area (Å²) in [6.45, 7) is 2.37. The first kappa shape index (κ1) is 13.9. The van der Waals surface area contributed by atoms with Gasteiger partial charge in [0.25, 0.3) is 5.91 Å². The Hall–Kier alpha value is -2.04. The summed E-state index contributed by atoms with van der Waals surface area (Å²) in [4.78, 5) is 25.4. The Balaban J connectivity index is 1.63. The molecule has 1 saturated heterocycles. The van der Waals surface area contributed by atoms with E-state index in [1.165, 1.54) is 5.56 Å². The first-order chi connectivity index (χ1) is 10.1. The van der Waals surface area contributed by atoms with Crippen molar-refractivity contribution in [3.8, 4) is 0 Å². The molecular formula is C16H21N3O2. The summed E-state index contributed by atoms with van der Waals surface area (Å²) in [5.74, 6) is 0.168. The van der Waals surface area contributed by atoms with Crippen LogP contribution in [0.1, 0.15) is 35.2 Å². The molecule has 0 unspecified atom stereocenters. The zero-order valence-corrected chi connectivity index (χ0v) is 12.1. The van der Waals surface area contributed by atoms with Gasteiger partial charge in [0.15, 0.2) is 0 Å². The molecule has 1 aromatic carbocycles. The van der Waals surface area contributed by atoms with Crippen LogP contribution < -0.4 is 11.1 Å². The summed E-state index contributed by atoms with van der Waals surface area (Å²) in [6, 6.07) is 5.92. The topological polar surface area (TPSA) is 75.4 Å². The molecule has 5 nitrogen and oxygen atoms in total. The van der Waals surface area contributed by atoms with Crippen molar-refractivity contribution in [2.24, 2.45) is 11.7 Å². The average molecular weight is 287 g/mol. The molecule has 1 fully saturated rings. The van der Waals surface area contributed by atoms with Crippen molar-refractivity contribution < 1.29 is 9.59 Å². The van der Waals surface area contributed by atoms with E-state index in [0.29, 0.717) is 25.4 Å². The molecule has 2 amide bonds. The number of piperidine rings is 1. The van der Waals surface area contributed by atoms with E-state index in [4.69, 9.17) is 5.73 Å². The van der Waals surface area contributed by atoms with Gasteiger partial charge in [0.2, 0.25) is 5.91 Å². The summed E-state index contributed by atoms with van der Waals surface area (Å²) in [5.41, 5.74) is 8.35. The average Bonchev–Trinajstić information content (AvgIpc) is 2.94. The molecule has 0 atom stereocenters. The minimum atomic E-state index is -0.246. The standard InChI is InChI=1S/C16H21N3O2/c17-15(20)9-11-4-7-19(8-5-11)16(21)13-2-1-12-3-6-18-14(12)10-13/h1-2,10-11,18H,3-9H2,(H2,17,20). The lowest BCUT2D eigenvalue weighted by Crippen LogP contribution is -2.39. The smallest absolute Gasteiger partial charge is 0.253 e. The SMILES string of the molecule is NC(=O)CC1CCN(C(=O)c2ccc3c(c2)NCC3)CC1. The van der Waals surface area contributed by atoms with Crippen molar-refractivity contribution in [2.75, 3.05) is 25.0 Å². The van der Waals surface area contributed by atoms with Crippen molar-refractivity contribution in [3.63, 3.8) is 0 Å². The van der Waals surface area contributed by atoms with Gasteiger partial charge in [0.1, 0.15) is 0 Å². The van der Waals surface area contributed by atoms with Crippen molar-refractivity contribution in [2.45, 2.75) is 25.7 Å². The first-order valence-electron chi connectivity index (χ1n) is 7.58. The number of benzene rings is 1. The monoisotopic (exact) mass is 287 g/mol. The van der Waals surface area contributed by atoms with Gasteiger partial charge < -0.3 is 16.0 Å². The van der Waals surface area contributed by atoms with E-state index in [0.717, 1.165) is 37.1 Å². The zero-order valence-electron chi connectivity index (χ0n) is 12.1. The van der Waals surface area contributed by atoms with Gasteiger partial charge in [-0.1, -0.05) is 6.07 Å². The summed E-state index contributed by atoms with van der Waals surface area (Å²) in [6.07, 6.45) is 3.18. The second kappa shape index (κ2) is 5.76.